The average molecular weight is 267 g/mol. The average Bonchev–Trinajstić information content (AvgIpc) is 2.52. The zero-order chi connectivity index (χ0) is 14.2. The van der Waals surface area contributed by atoms with Gasteiger partial charge in [-0.1, -0.05) is 11.8 Å². The van der Waals surface area contributed by atoms with Gasteiger partial charge in [0.1, 0.15) is 5.69 Å². The van der Waals surface area contributed by atoms with Crippen LogP contribution in [0.5, 0.6) is 0 Å². The van der Waals surface area contributed by atoms with E-state index in [0.29, 0.717) is 24.5 Å². The lowest BCUT2D eigenvalue weighted by Gasteiger charge is -2.03. The highest BCUT2D eigenvalue weighted by Crippen LogP contribution is 1.99. The Morgan fingerprint density at radius 2 is 2.25 bits per heavy atom. The number of aromatic nitrogens is 3. The van der Waals surface area contributed by atoms with E-state index in [1.807, 2.05) is 0 Å². The number of nitrogens with zero attached hydrogens (tertiary/aromatic N) is 3. The molecule has 0 saturated heterocycles. The summed E-state index contributed by atoms with van der Waals surface area (Å²) in [5.74, 6) is 5.29. The summed E-state index contributed by atoms with van der Waals surface area (Å²) >= 11 is 0. The zero-order valence-corrected chi connectivity index (χ0v) is 10.7. The molecular weight excluding hydrogens is 254 g/mol. The summed E-state index contributed by atoms with van der Waals surface area (Å²) in [7, 11) is 0. The molecule has 0 aliphatic carbocycles. The van der Waals surface area contributed by atoms with Crippen LogP contribution in [0.3, 0.4) is 0 Å². The topological polar surface area (TPSA) is 93.8 Å². The van der Waals surface area contributed by atoms with Crippen molar-refractivity contribution < 1.29 is 4.79 Å². The Labute approximate surface area is 116 Å². The molecule has 3 N–H and O–H groups in total. The van der Waals surface area contributed by atoms with Crippen molar-refractivity contribution in [2.75, 3.05) is 6.54 Å². The van der Waals surface area contributed by atoms with E-state index in [1.54, 1.807) is 36.7 Å². The van der Waals surface area contributed by atoms with Gasteiger partial charge in [-0.15, -0.1) is 0 Å². The van der Waals surface area contributed by atoms with Crippen molar-refractivity contribution in [3.05, 3.63) is 53.6 Å². The highest BCUT2D eigenvalue weighted by molar-refractivity contribution is 5.92. The van der Waals surface area contributed by atoms with E-state index < -0.39 is 0 Å². The summed E-state index contributed by atoms with van der Waals surface area (Å²) in [6, 6.07) is 6.89. The van der Waals surface area contributed by atoms with Crippen molar-refractivity contribution in [2.45, 2.75) is 6.54 Å². The normalized spacial score (nSPS) is 9.45. The fourth-order valence-corrected chi connectivity index (χ4v) is 1.44. The maximum Gasteiger partial charge on any atom is 0.270 e. The predicted octanol–water partition coefficient (Wildman–Crippen LogP) is 0.112. The van der Waals surface area contributed by atoms with Crippen LogP contribution in [0.15, 0.2) is 36.7 Å². The number of carbonyl (C=O) groups excluding carboxylic acids is 1. The van der Waals surface area contributed by atoms with Crippen LogP contribution in [0.25, 0.3) is 0 Å². The van der Waals surface area contributed by atoms with Crippen molar-refractivity contribution in [3.63, 3.8) is 0 Å². The van der Waals surface area contributed by atoms with E-state index >= 15 is 0 Å². The number of hydrogen-bond acceptors (Lipinski definition) is 5. The van der Waals surface area contributed by atoms with Gasteiger partial charge in [-0.25, -0.2) is 4.98 Å². The van der Waals surface area contributed by atoms with Gasteiger partial charge in [0.05, 0.1) is 18.8 Å². The Morgan fingerprint density at radius 3 is 2.90 bits per heavy atom. The van der Waals surface area contributed by atoms with Crippen LogP contribution in [-0.4, -0.2) is 27.6 Å². The largest absolute Gasteiger partial charge is 0.345 e. The second-order valence-corrected chi connectivity index (χ2v) is 3.84. The van der Waals surface area contributed by atoms with E-state index in [9.17, 15) is 4.79 Å². The molecule has 0 bridgehead atoms. The lowest BCUT2D eigenvalue weighted by molar-refractivity contribution is 0.0945. The molecule has 0 spiro atoms. The van der Waals surface area contributed by atoms with Crippen molar-refractivity contribution in [2.24, 2.45) is 5.73 Å². The first-order chi connectivity index (χ1) is 9.79. The van der Waals surface area contributed by atoms with Crippen LogP contribution in [0.4, 0.5) is 0 Å². The van der Waals surface area contributed by atoms with E-state index in [4.69, 9.17) is 5.73 Å². The van der Waals surface area contributed by atoms with Gasteiger partial charge in [0.2, 0.25) is 0 Å². The zero-order valence-electron chi connectivity index (χ0n) is 10.7. The monoisotopic (exact) mass is 267 g/mol. The number of nitrogens with one attached hydrogen (secondary N) is 1. The molecule has 2 heterocycles. The summed E-state index contributed by atoms with van der Waals surface area (Å²) < 4.78 is 0. The number of pyridine rings is 1. The highest BCUT2D eigenvalue weighted by atomic mass is 16.1. The second kappa shape index (κ2) is 6.97. The maximum atomic E-state index is 11.9. The summed E-state index contributed by atoms with van der Waals surface area (Å²) in [5, 5.41) is 10.3. The van der Waals surface area contributed by atoms with Crippen LogP contribution in [0.1, 0.15) is 21.7 Å². The van der Waals surface area contributed by atoms with Gasteiger partial charge < -0.3 is 11.1 Å². The Hall–Kier alpha value is -2.78. The van der Waals surface area contributed by atoms with E-state index in [1.165, 1.54) is 0 Å². The summed E-state index contributed by atoms with van der Waals surface area (Å²) in [5.41, 5.74) is 7.02. The highest BCUT2D eigenvalue weighted by Gasteiger charge is 2.06. The van der Waals surface area contributed by atoms with Crippen molar-refractivity contribution in [1.29, 1.82) is 0 Å². The third kappa shape index (κ3) is 3.86. The predicted molar refractivity (Wildman–Crippen MR) is 73.4 cm³/mol. The Bertz CT molecular complexity index is 628. The van der Waals surface area contributed by atoms with Crippen molar-refractivity contribution in [3.8, 4) is 11.8 Å². The fourth-order valence-electron chi connectivity index (χ4n) is 1.44. The van der Waals surface area contributed by atoms with Crippen molar-refractivity contribution >= 4 is 5.91 Å². The molecule has 0 aliphatic heterocycles. The molecule has 100 valence electrons. The molecule has 6 nitrogen and oxygen atoms in total. The summed E-state index contributed by atoms with van der Waals surface area (Å²) in [6.07, 6.45) is 3.12. The Balaban J connectivity index is 1.96. The lowest BCUT2D eigenvalue weighted by atomic mass is 10.2. The van der Waals surface area contributed by atoms with Crippen molar-refractivity contribution in [1.82, 2.24) is 20.5 Å². The van der Waals surface area contributed by atoms with E-state index in [2.05, 4.69) is 32.3 Å². The molecule has 2 aromatic heterocycles. The van der Waals surface area contributed by atoms with E-state index in [0.717, 1.165) is 5.56 Å². The molecule has 0 radical (unpaired) electrons. The lowest BCUT2D eigenvalue weighted by Crippen LogP contribution is -2.24. The van der Waals surface area contributed by atoms with Gasteiger partial charge >= 0.3 is 0 Å². The molecule has 0 unspecified atom stereocenters. The minimum absolute atomic E-state index is 0.269. The molecule has 2 aromatic rings. The Kier molecular flexibility index (Phi) is 4.76. The van der Waals surface area contributed by atoms with Gasteiger partial charge in [0.15, 0.2) is 0 Å². The number of hydrogen-bond donors (Lipinski definition) is 2. The Morgan fingerprint density at radius 1 is 1.35 bits per heavy atom. The first-order valence-electron chi connectivity index (χ1n) is 5.99. The van der Waals surface area contributed by atoms with Crippen LogP contribution in [-0.2, 0) is 6.54 Å². The van der Waals surface area contributed by atoms with Gasteiger partial charge in [-0.3, -0.25) is 4.79 Å². The third-order valence-corrected chi connectivity index (χ3v) is 2.39. The number of carbonyl (C=O) groups is 1. The first-order valence-corrected chi connectivity index (χ1v) is 5.99. The molecule has 0 fully saturated rings. The molecule has 0 atom stereocenters. The quantitative estimate of drug-likeness (QED) is 0.770. The van der Waals surface area contributed by atoms with Crippen LogP contribution in [0.2, 0.25) is 0 Å². The van der Waals surface area contributed by atoms with Crippen LogP contribution in [0, 0.1) is 11.8 Å². The van der Waals surface area contributed by atoms with Gasteiger partial charge in [0, 0.05) is 18.0 Å². The SMILES string of the molecule is NCC#Cc1ccc(C(=O)NCc2cccnn2)nc1. The smallest absolute Gasteiger partial charge is 0.270 e. The minimum atomic E-state index is -0.269. The maximum absolute atomic E-state index is 11.9. The summed E-state index contributed by atoms with van der Waals surface area (Å²) in [6.45, 7) is 0.601. The molecule has 20 heavy (non-hydrogen) atoms. The summed E-state index contributed by atoms with van der Waals surface area (Å²) in [4.78, 5) is 15.9. The first kappa shape index (κ1) is 13.6. The van der Waals surface area contributed by atoms with Crippen LogP contribution >= 0.6 is 0 Å². The molecular formula is C14H13N5O. The molecule has 0 aliphatic rings. The number of rotatable bonds is 3. The molecule has 2 rings (SSSR count). The van der Waals surface area contributed by atoms with Gasteiger partial charge in [-0.2, -0.15) is 10.2 Å². The van der Waals surface area contributed by atoms with Gasteiger partial charge in [0.25, 0.3) is 5.91 Å². The van der Waals surface area contributed by atoms with Gasteiger partial charge in [-0.05, 0) is 24.3 Å². The molecule has 0 saturated carbocycles. The molecule has 6 heteroatoms. The number of nitrogens with two attached hydrogens (primary N) is 1. The standard InChI is InChI=1S/C14H13N5O/c15-7-1-3-11-5-6-13(16-9-11)14(20)17-10-12-4-2-8-18-19-12/h2,4-6,8-9H,7,10,15H2,(H,17,20). The number of amides is 1. The minimum Gasteiger partial charge on any atom is -0.345 e. The fraction of sp³-hybridized carbons (Fsp3) is 0.143. The van der Waals surface area contributed by atoms with Crippen LogP contribution < -0.4 is 11.1 Å². The third-order valence-electron chi connectivity index (χ3n) is 2.39. The molecule has 0 aromatic carbocycles. The second-order valence-electron chi connectivity index (χ2n) is 3.84. The molecule has 1 amide bonds. The van der Waals surface area contributed by atoms with E-state index in [-0.39, 0.29) is 5.91 Å².